The van der Waals surface area contributed by atoms with Gasteiger partial charge in [0, 0.05) is 12.6 Å². The van der Waals surface area contributed by atoms with E-state index in [2.05, 4.69) is 0 Å². The second-order valence-electron chi connectivity index (χ2n) is 6.03. The lowest BCUT2D eigenvalue weighted by atomic mass is 10.1. The summed E-state index contributed by atoms with van der Waals surface area (Å²) in [5, 5.41) is 9.66. The fraction of sp³-hybridized carbons (Fsp3) is 0.588. The van der Waals surface area contributed by atoms with E-state index in [0.717, 1.165) is 18.4 Å². The topological polar surface area (TPSA) is 59.0 Å². The van der Waals surface area contributed by atoms with Gasteiger partial charge in [-0.05, 0) is 51.3 Å². The first-order valence-electron chi connectivity index (χ1n) is 7.74. The molecule has 2 rings (SSSR count). The Hall–Kier alpha value is -1.75. The van der Waals surface area contributed by atoms with Crippen LogP contribution in [-0.4, -0.2) is 41.3 Å². The van der Waals surface area contributed by atoms with E-state index in [9.17, 15) is 9.90 Å². The highest BCUT2D eigenvalue weighted by Gasteiger charge is 2.35. The quantitative estimate of drug-likeness (QED) is 0.841. The van der Waals surface area contributed by atoms with Crippen LogP contribution in [0.3, 0.4) is 0 Å². The van der Waals surface area contributed by atoms with Crippen molar-refractivity contribution in [3.8, 4) is 11.5 Å². The molecule has 122 valence electrons. The van der Waals surface area contributed by atoms with Crippen LogP contribution in [0.5, 0.6) is 11.5 Å². The van der Waals surface area contributed by atoms with Gasteiger partial charge < -0.3 is 19.5 Å². The maximum atomic E-state index is 12.6. The molecule has 0 saturated heterocycles. The van der Waals surface area contributed by atoms with E-state index in [1.165, 1.54) is 7.11 Å². The molecule has 1 N–H and O–H groups in total. The van der Waals surface area contributed by atoms with Crippen molar-refractivity contribution in [2.24, 2.45) is 0 Å². The van der Waals surface area contributed by atoms with Crippen molar-refractivity contribution in [3.63, 3.8) is 0 Å². The summed E-state index contributed by atoms with van der Waals surface area (Å²) in [7, 11) is 1.52. The zero-order valence-corrected chi connectivity index (χ0v) is 13.7. The molecule has 0 unspecified atom stereocenters. The predicted octanol–water partition coefficient (Wildman–Crippen LogP) is 2.71. The van der Waals surface area contributed by atoms with Gasteiger partial charge in [0.2, 0.25) is 0 Å². The van der Waals surface area contributed by atoms with Crippen LogP contribution in [0.4, 0.5) is 0 Å². The van der Waals surface area contributed by atoms with Crippen molar-refractivity contribution in [3.05, 3.63) is 23.8 Å². The van der Waals surface area contributed by atoms with Crippen molar-refractivity contribution in [1.82, 2.24) is 4.90 Å². The Bertz CT molecular complexity index is 525. The zero-order valence-electron chi connectivity index (χ0n) is 13.7. The summed E-state index contributed by atoms with van der Waals surface area (Å²) in [5.74, 6) is 0.544. The lowest BCUT2D eigenvalue weighted by Crippen LogP contribution is -2.41. The Morgan fingerprint density at radius 1 is 1.36 bits per heavy atom. The number of ether oxygens (including phenoxy) is 2. The van der Waals surface area contributed by atoms with E-state index in [1.807, 2.05) is 24.8 Å². The smallest absolute Gasteiger partial charge is 0.251 e. The molecule has 1 aliphatic rings. The molecule has 0 radical (unpaired) electrons. The lowest BCUT2D eigenvalue weighted by Gasteiger charge is -2.27. The van der Waals surface area contributed by atoms with Gasteiger partial charge in [-0.3, -0.25) is 4.79 Å². The van der Waals surface area contributed by atoms with Gasteiger partial charge in [-0.25, -0.2) is 0 Å². The fourth-order valence-corrected chi connectivity index (χ4v) is 2.49. The number of nitrogens with zero attached hydrogens (tertiary/aromatic N) is 1. The molecule has 1 amide bonds. The van der Waals surface area contributed by atoms with E-state index >= 15 is 0 Å². The third kappa shape index (κ3) is 4.13. The van der Waals surface area contributed by atoms with Gasteiger partial charge in [0.25, 0.3) is 5.91 Å². The molecule has 1 aromatic rings. The van der Waals surface area contributed by atoms with E-state index < -0.39 is 6.10 Å². The fourth-order valence-electron chi connectivity index (χ4n) is 2.49. The minimum absolute atomic E-state index is 0.0169. The van der Waals surface area contributed by atoms with Crippen molar-refractivity contribution < 1.29 is 19.4 Å². The number of benzene rings is 1. The molecule has 1 atom stereocenters. The first kappa shape index (κ1) is 16.6. The summed E-state index contributed by atoms with van der Waals surface area (Å²) < 4.78 is 10.7. The van der Waals surface area contributed by atoms with Crippen molar-refractivity contribution in [1.29, 1.82) is 0 Å². The monoisotopic (exact) mass is 307 g/mol. The van der Waals surface area contributed by atoms with Crippen LogP contribution in [0, 0.1) is 0 Å². The number of carbonyl (C=O) groups is 1. The molecule has 0 aromatic heterocycles. The summed E-state index contributed by atoms with van der Waals surface area (Å²) in [6, 6.07) is 5.48. The van der Waals surface area contributed by atoms with Gasteiger partial charge in [0.05, 0.1) is 13.2 Å². The van der Waals surface area contributed by atoms with E-state index in [4.69, 9.17) is 9.47 Å². The van der Waals surface area contributed by atoms with Crippen LogP contribution < -0.4 is 4.74 Å². The van der Waals surface area contributed by atoms with Crippen LogP contribution in [0.15, 0.2) is 18.2 Å². The molecule has 1 aromatic carbocycles. The number of hydrogen-bond acceptors (Lipinski definition) is 4. The van der Waals surface area contributed by atoms with Crippen LogP contribution in [-0.2, 0) is 16.1 Å². The van der Waals surface area contributed by atoms with Crippen LogP contribution in [0.25, 0.3) is 0 Å². The minimum atomic E-state index is -0.445. The van der Waals surface area contributed by atoms with E-state index in [-0.39, 0.29) is 17.8 Å². The minimum Gasteiger partial charge on any atom is -0.504 e. The predicted molar refractivity (Wildman–Crippen MR) is 83.9 cm³/mol. The maximum Gasteiger partial charge on any atom is 0.251 e. The maximum absolute atomic E-state index is 12.6. The molecule has 0 heterocycles. The standard InChI is InChI=1S/C17H25NO4/c1-11(2)22-12(3)17(20)18(14-6-7-14)10-13-5-8-15(19)16(9-13)21-4/h5,8-9,11-12,14,19H,6-7,10H2,1-4H3/t12-/m0/s1. The van der Waals surface area contributed by atoms with Gasteiger partial charge in [-0.2, -0.15) is 0 Å². The normalized spacial score (nSPS) is 15.7. The van der Waals surface area contributed by atoms with Gasteiger partial charge in [-0.1, -0.05) is 6.07 Å². The average Bonchev–Trinajstić information content (AvgIpc) is 3.29. The molecule has 5 heteroatoms. The Morgan fingerprint density at radius 3 is 2.59 bits per heavy atom. The molecule has 1 aliphatic carbocycles. The summed E-state index contributed by atoms with van der Waals surface area (Å²) in [4.78, 5) is 14.5. The second-order valence-corrected chi connectivity index (χ2v) is 6.03. The van der Waals surface area contributed by atoms with Gasteiger partial charge in [-0.15, -0.1) is 0 Å². The van der Waals surface area contributed by atoms with Crippen molar-refractivity contribution in [2.75, 3.05) is 7.11 Å². The first-order valence-corrected chi connectivity index (χ1v) is 7.74. The van der Waals surface area contributed by atoms with Gasteiger partial charge in [0.1, 0.15) is 6.10 Å². The molecule has 0 spiro atoms. The molecule has 0 aliphatic heterocycles. The highest BCUT2D eigenvalue weighted by atomic mass is 16.5. The van der Waals surface area contributed by atoms with Gasteiger partial charge >= 0.3 is 0 Å². The SMILES string of the molecule is COc1cc(CN(C(=O)[C@H](C)OC(C)C)C2CC2)ccc1O. The first-order chi connectivity index (χ1) is 10.4. The lowest BCUT2D eigenvalue weighted by molar-refractivity contribution is -0.146. The molecule has 0 bridgehead atoms. The third-order valence-electron chi connectivity index (χ3n) is 3.69. The number of phenolic OH excluding ortho intramolecular Hbond substituents is 1. The summed E-state index contributed by atoms with van der Waals surface area (Å²) in [5.41, 5.74) is 0.937. The summed E-state index contributed by atoms with van der Waals surface area (Å²) >= 11 is 0. The molecule has 22 heavy (non-hydrogen) atoms. The van der Waals surface area contributed by atoms with Crippen LogP contribution >= 0.6 is 0 Å². The Morgan fingerprint density at radius 2 is 2.05 bits per heavy atom. The van der Waals surface area contributed by atoms with Crippen LogP contribution in [0.1, 0.15) is 39.2 Å². The molecule has 5 nitrogen and oxygen atoms in total. The number of rotatable bonds is 7. The Labute approximate surface area is 131 Å². The molecule has 1 fully saturated rings. The third-order valence-corrected chi connectivity index (χ3v) is 3.69. The van der Waals surface area contributed by atoms with E-state index in [1.54, 1.807) is 19.1 Å². The number of amides is 1. The number of phenols is 1. The zero-order chi connectivity index (χ0) is 16.3. The Balaban J connectivity index is 2.10. The highest BCUT2D eigenvalue weighted by Crippen LogP contribution is 2.31. The molecular formula is C17H25NO4. The summed E-state index contributed by atoms with van der Waals surface area (Å²) in [6.45, 7) is 6.16. The molecule has 1 saturated carbocycles. The number of hydrogen-bond donors (Lipinski definition) is 1. The average molecular weight is 307 g/mol. The van der Waals surface area contributed by atoms with Crippen molar-refractivity contribution >= 4 is 5.91 Å². The second kappa shape index (κ2) is 7.01. The van der Waals surface area contributed by atoms with Crippen LogP contribution in [0.2, 0.25) is 0 Å². The number of carbonyl (C=O) groups excluding carboxylic acids is 1. The highest BCUT2D eigenvalue weighted by molar-refractivity contribution is 5.81. The number of methoxy groups -OCH3 is 1. The Kier molecular flexibility index (Phi) is 5.29. The van der Waals surface area contributed by atoms with Crippen molar-refractivity contribution in [2.45, 2.75) is 58.4 Å². The number of aromatic hydroxyl groups is 1. The molecular weight excluding hydrogens is 282 g/mol. The largest absolute Gasteiger partial charge is 0.504 e. The van der Waals surface area contributed by atoms with E-state index in [0.29, 0.717) is 18.3 Å². The van der Waals surface area contributed by atoms with Gasteiger partial charge in [0.15, 0.2) is 11.5 Å². The summed E-state index contributed by atoms with van der Waals surface area (Å²) in [6.07, 6.45) is 1.65.